The summed E-state index contributed by atoms with van der Waals surface area (Å²) in [5.74, 6) is -0.183. The van der Waals surface area contributed by atoms with Gasteiger partial charge in [-0.1, -0.05) is 69.2 Å². The number of aromatic hydroxyl groups is 1. The minimum absolute atomic E-state index is 0.0888. The van der Waals surface area contributed by atoms with E-state index in [1.807, 2.05) is 50.2 Å². The van der Waals surface area contributed by atoms with Gasteiger partial charge in [0.25, 0.3) is 5.56 Å². The molecule has 0 unspecified atom stereocenters. The Labute approximate surface area is 223 Å². The third-order valence-electron chi connectivity index (χ3n) is 6.66. The molecular formula is C30H33N3O4S. The van der Waals surface area contributed by atoms with Crippen molar-refractivity contribution in [3.8, 4) is 17.0 Å². The standard InChI is InChI=1S/C30H33N3O4S/c1-4-6-8-13-27-32-29(34)28(30(35)33(27)26(5-2)23-11-9-7-10-12-23)38(36,37)25-16-14-22(15-17-25)24-18-21(3)19-31-20-24/h7,9-12,14-20,26,35H,4-6,8,13H2,1-3H3/t26-/m0/s1. The van der Waals surface area contributed by atoms with Gasteiger partial charge in [-0.25, -0.2) is 8.42 Å². The Hall–Kier alpha value is -3.78. The van der Waals surface area contributed by atoms with Gasteiger partial charge in [-0.05, 0) is 54.7 Å². The van der Waals surface area contributed by atoms with E-state index in [1.54, 1.807) is 24.5 Å². The van der Waals surface area contributed by atoms with Crippen LogP contribution in [0.25, 0.3) is 11.1 Å². The SMILES string of the molecule is CCCCCc1nc(=O)c(S(=O)(=O)c2ccc(-c3cncc(C)c3)cc2)c(O)n1[C@@H](CC)c1ccccc1. The molecule has 0 fully saturated rings. The summed E-state index contributed by atoms with van der Waals surface area (Å²) in [6.45, 7) is 5.96. The summed E-state index contributed by atoms with van der Waals surface area (Å²) in [6, 6.07) is 17.3. The van der Waals surface area contributed by atoms with Crippen LogP contribution in [0.3, 0.4) is 0 Å². The van der Waals surface area contributed by atoms with Crippen LogP contribution in [0.1, 0.15) is 62.5 Å². The molecule has 2 heterocycles. The molecule has 0 aliphatic carbocycles. The molecule has 7 nitrogen and oxygen atoms in total. The predicted octanol–water partition coefficient (Wildman–Crippen LogP) is 5.88. The van der Waals surface area contributed by atoms with Crippen LogP contribution in [-0.2, 0) is 16.3 Å². The fourth-order valence-corrected chi connectivity index (χ4v) is 6.07. The monoisotopic (exact) mass is 531 g/mol. The number of rotatable bonds is 10. The van der Waals surface area contributed by atoms with Crippen molar-refractivity contribution in [2.75, 3.05) is 0 Å². The number of nitrogens with zero attached hydrogens (tertiary/aromatic N) is 3. The van der Waals surface area contributed by atoms with E-state index < -0.39 is 26.2 Å². The van der Waals surface area contributed by atoms with Crippen molar-refractivity contribution < 1.29 is 13.5 Å². The molecule has 1 atom stereocenters. The lowest BCUT2D eigenvalue weighted by atomic mass is 10.0. The lowest BCUT2D eigenvalue weighted by Gasteiger charge is -2.25. The molecule has 0 radical (unpaired) electrons. The van der Waals surface area contributed by atoms with E-state index in [1.165, 1.54) is 16.7 Å². The van der Waals surface area contributed by atoms with Crippen LogP contribution < -0.4 is 5.56 Å². The van der Waals surface area contributed by atoms with Crippen LogP contribution in [0.15, 0.2) is 87.6 Å². The van der Waals surface area contributed by atoms with Crippen molar-refractivity contribution in [2.24, 2.45) is 0 Å². The Balaban J connectivity index is 1.84. The summed E-state index contributed by atoms with van der Waals surface area (Å²) in [6.07, 6.45) is 7.16. The molecule has 0 amide bonds. The molecule has 38 heavy (non-hydrogen) atoms. The normalized spacial score (nSPS) is 12.4. The van der Waals surface area contributed by atoms with E-state index >= 15 is 0 Å². The van der Waals surface area contributed by atoms with Gasteiger partial charge in [0, 0.05) is 24.4 Å². The quantitative estimate of drug-likeness (QED) is 0.256. The average Bonchev–Trinajstić information content (AvgIpc) is 2.91. The van der Waals surface area contributed by atoms with Crippen molar-refractivity contribution in [1.29, 1.82) is 0 Å². The molecule has 0 saturated heterocycles. The van der Waals surface area contributed by atoms with Gasteiger partial charge >= 0.3 is 0 Å². The summed E-state index contributed by atoms with van der Waals surface area (Å²) < 4.78 is 29.0. The largest absolute Gasteiger partial charge is 0.493 e. The highest BCUT2D eigenvalue weighted by Gasteiger charge is 2.31. The maximum absolute atomic E-state index is 13.7. The van der Waals surface area contributed by atoms with Crippen molar-refractivity contribution >= 4 is 9.84 Å². The number of aromatic nitrogens is 3. The van der Waals surface area contributed by atoms with Crippen molar-refractivity contribution in [2.45, 2.75) is 68.7 Å². The highest BCUT2D eigenvalue weighted by atomic mass is 32.2. The number of sulfone groups is 1. The summed E-state index contributed by atoms with van der Waals surface area (Å²) in [7, 11) is -4.36. The van der Waals surface area contributed by atoms with Gasteiger partial charge in [-0.2, -0.15) is 4.98 Å². The summed E-state index contributed by atoms with van der Waals surface area (Å²) >= 11 is 0. The Kier molecular flexibility index (Phi) is 8.42. The zero-order valence-electron chi connectivity index (χ0n) is 22.0. The topological polar surface area (TPSA) is 102 Å². The van der Waals surface area contributed by atoms with Crippen molar-refractivity contribution in [3.63, 3.8) is 0 Å². The molecule has 4 aromatic rings. The van der Waals surface area contributed by atoms with Crippen LogP contribution in [0.2, 0.25) is 0 Å². The maximum Gasteiger partial charge on any atom is 0.296 e. The number of unbranched alkanes of at least 4 members (excludes halogenated alkanes) is 2. The Morgan fingerprint density at radius 1 is 0.947 bits per heavy atom. The lowest BCUT2D eigenvalue weighted by molar-refractivity contribution is 0.358. The summed E-state index contributed by atoms with van der Waals surface area (Å²) in [5, 5.41) is 11.5. The first-order valence-electron chi connectivity index (χ1n) is 12.9. The molecule has 4 rings (SSSR count). The van der Waals surface area contributed by atoms with Gasteiger partial charge in [-0.15, -0.1) is 0 Å². The minimum Gasteiger partial charge on any atom is -0.493 e. The van der Waals surface area contributed by atoms with Crippen LogP contribution >= 0.6 is 0 Å². The second kappa shape index (κ2) is 11.7. The zero-order valence-corrected chi connectivity index (χ0v) is 22.8. The third kappa shape index (κ3) is 5.55. The summed E-state index contributed by atoms with van der Waals surface area (Å²) in [5.41, 5.74) is 2.58. The fourth-order valence-electron chi connectivity index (χ4n) is 4.72. The molecule has 8 heteroatoms. The average molecular weight is 532 g/mol. The first-order valence-corrected chi connectivity index (χ1v) is 14.4. The van der Waals surface area contributed by atoms with E-state index in [9.17, 15) is 18.3 Å². The molecule has 0 spiro atoms. The lowest BCUT2D eigenvalue weighted by Crippen LogP contribution is -2.27. The van der Waals surface area contributed by atoms with Gasteiger partial charge in [0.2, 0.25) is 15.7 Å². The Morgan fingerprint density at radius 2 is 1.66 bits per heavy atom. The van der Waals surface area contributed by atoms with Crippen LogP contribution in [0, 0.1) is 6.92 Å². The van der Waals surface area contributed by atoms with Crippen LogP contribution in [-0.4, -0.2) is 28.1 Å². The first-order chi connectivity index (χ1) is 18.3. The molecule has 1 N–H and O–H groups in total. The molecule has 0 saturated carbocycles. The van der Waals surface area contributed by atoms with Crippen LogP contribution in [0.5, 0.6) is 5.88 Å². The molecule has 0 bridgehead atoms. The van der Waals surface area contributed by atoms with E-state index in [4.69, 9.17) is 0 Å². The smallest absolute Gasteiger partial charge is 0.296 e. The molecular weight excluding hydrogens is 498 g/mol. The van der Waals surface area contributed by atoms with E-state index in [0.29, 0.717) is 18.7 Å². The predicted molar refractivity (Wildman–Crippen MR) is 148 cm³/mol. The number of hydrogen-bond acceptors (Lipinski definition) is 6. The van der Waals surface area contributed by atoms with Crippen LogP contribution in [0.4, 0.5) is 0 Å². The van der Waals surface area contributed by atoms with Crippen molar-refractivity contribution in [3.05, 3.63) is 100 Å². The zero-order chi connectivity index (χ0) is 27.3. The second-order valence-electron chi connectivity index (χ2n) is 9.43. The maximum atomic E-state index is 13.7. The van der Waals surface area contributed by atoms with Gasteiger partial charge in [0.15, 0.2) is 4.90 Å². The van der Waals surface area contributed by atoms with Gasteiger partial charge in [-0.3, -0.25) is 14.3 Å². The fraction of sp³-hybridized carbons (Fsp3) is 0.300. The van der Waals surface area contributed by atoms with Gasteiger partial charge in [0.05, 0.1) is 10.9 Å². The van der Waals surface area contributed by atoms with Gasteiger partial charge < -0.3 is 5.11 Å². The number of benzene rings is 2. The number of hydrogen-bond donors (Lipinski definition) is 1. The minimum atomic E-state index is -4.36. The number of aryl methyl sites for hydroxylation is 2. The van der Waals surface area contributed by atoms with Gasteiger partial charge in [0.1, 0.15) is 5.82 Å². The van der Waals surface area contributed by atoms with Crippen molar-refractivity contribution in [1.82, 2.24) is 14.5 Å². The molecule has 0 aliphatic rings. The molecule has 2 aromatic carbocycles. The number of pyridine rings is 1. The highest BCUT2D eigenvalue weighted by molar-refractivity contribution is 7.91. The summed E-state index contributed by atoms with van der Waals surface area (Å²) in [4.78, 5) is 20.8. The third-order valence-corrected chi connectivity index (χ3v) is 8.45. The molecule has 2 aromatic heterocycles. The Morgan fingerprint density at radius 3 is 2.29 bits per heavy atom. The van der Waals surface area contributed by atoms with E-state index in [0.717, 1.165) is 41.5 Å². The van der Waals surface area contributed by atoms with E-state index in [-0.39, 0.29) is 10.9 Å². The van der Waals surface area contributed by atoms with E-state index in [2.05, 4.69) is 16.9 Å². The molecule has 0 aliphatic heterocycles. The first kappa shape index (κ1) is 27.3. The molecule has 198 valence electrons. The second-order valence-corrected chi connectivity index (χ2v) is 11.3. The highest BCUT2D eigenvalue weighted by Crippen LogP contribution is 2.34. The Bertz CT molecular complexity index is 1560.